The predicted molar refractivity (Wildman–Crippen MR) is 63.8 cm³/mol. The Balaban J connectivity index is 2.76. The Bertz CT molecular complexity index is 339. The van der Waals surface area contributed by atoms with Gasteiger partial charge in [-0.15, -0.1) is 0 Å². The molecule has 0 fully saturated rings. The van der Waals surface area contributed by atoms with E-state index in [9.17, 15) is 4.79 Å². The molecule has 1 rings (SSSR count). The van der Waals surface area contributed by atoms with Gasteiger partial charge in [-0.25, -0.2) is 0 Å². The minimum atomic E-state index is 0.109. The number of rotatable bonds is 4. The SMILES string of the molecule is CSCCC(=O)c1ccc(Cl)c(Cl)c1. The first-order chi connectivity index (χ1) is 6.65. The van der Waals surface area contributed by atoms with Gasteiger partial charge < -0.3 is 0 Å². The lowest BCUT2D eigenvalue weighted by molar-refractivity contribution is 0.0989. The number of thioether (sulfide) groups is 1. The number of carbonyl (C=O) groups excluding carboxylic acids is 1. The van der Waals surface area contributed by atoms with E-state index >= 15 is 0 Å². The van der Waals surface area contributed by atoms with E-state index < -0.39 is 0 Å². The second-order valence-corrected chi connectivity index (χ2v) is 4.59. The Labute approximate surface area is 97.8 Å². The molecule has 0 aliphatic carbocycles. The van der Waals surface area contributed by atoms with Gasteiger partial charge in [0.15, 0.2) is 5.78 Å². The molecule has 4 heteroatoms. The lowest BCUT2D eigenvalue weighted by atomic mass is 10.1. The zero-order valence-corrected chi connectivity index (χ0v) is 10.0. The molecule has 0 radical (unpaired) electrons. The number of hydrogen-bond donors (Lipinski definition) is 0. The van der Waals surface area contributed by atoms with Crippen LogP contribution in [0.15, 0.2) is 18.2 Å². The van der Waals surface area contributed by atoms with Crippen LogP contribution in [0.5, 0.6) is 0 Å². The van der Waals surface area contributed by atoms with Gasteiger partial charge in [0, 0.05) is 17.7 Å². The van der Waals surface area contributed by atoms with Gasteiger partial charge in [-0.3, -0.25) is 4.79 Å². The number of ketones is 1. The topological polar surface area (TPSA) is 17.1 Å². The van der Waals surface area contributed by atoms with Gasteiger partial charge in [0.1, 0.15) is 0 Å². The van der Waals surface area contributed by atoms with Crippen LogP contribution in [-0.4, -0.2) is 17.8 Å². The monoisotopic (exact) mass is 248 g/mol. The summed E-state index contributed by atoms with van der Waals surface area (Å²) in [5.41, 5.74) is 0.633. The van der Waals surface area contributed by atoms with Crippen LogP contribution >= 0.6 is 35.0 Å². The van der Waals surface area contributed by atoms with Crippen molar-refractivity contribution in [3.8, 4) is 0 Å². The van der Waals surface area contributed by atoms with Crippen molar-refractivity contribution in [1.29, 1.82) is 0 Å². The number of halogens is 2. The van der Waals surface area contributed by atoms with E-state index in [-0.39, 0.29) is 5.78 Å². The summed E-state index contributed by atoms with van der Waals surface area (Å²) >= 11 is 13.2. The van der Waals surface area contributed by atoms with Crippen LogP contribution in [0.2, 0.25) is 10.0 Å². The molecule has 0 aliphatic heterocycles. The fraction of sp³-hybridized carbons (Fsp3) is 0.300. The quantitative estimate of drug-likeness (QED) is 0.752. The van der Waals surface area contributed by atoms with Crippen LogP contribution in [-0.2, 0) is 0 Å². The number of benzene rings is 1. The third-order valence-electron chi connectivity index (χ3n) is 1.77. The van der Waals surface area contributed by atoms with Gasteiger partial charge in [-0.1, -0.05) is 23.2 Å². The van der Waals surface area contributed by atoms with Gasteiger partial charge in [0.2, 0.25) is 0 Å². The highest BCUT2D eigenvalue weighted by Crippen LogP contribution is 2.23. The van der Waals surface area contributed by atoms with E-state index in [0.717, 1.165) is 5.75 Å². The first-order valence-corrected chi connectivity index (χ1v) is 6.27. The van der Waals surface area contributed by atoms with E-state index in [2.05, 4.69) is 0 Å². The molecule has 0 aliphatic rings. The largest absolute Gasteiger partial charge is 0.294 e. The Morgan fingerprint density at radius 2 is 2.07 bits per heavy atom. The van der Waals surface area contributed by atoms with Crippen LogP contribution in [0.4, 0.5) is 0 Å². The Kier molecular flexibility index (Phi) is 4.79. The highest BCUT2D eigenvalue weighted by molar-refractivity contribution is 7.98. The molecule has 0 spiro atoms. The minimum Gasteiger partial charge on any atom is -0.294 e. The number of carbonyl (C=O) groups is 1. The molecule has 0 bridgehead atoms. The normalized spacial score (nSPS) is 10.2. The molecule has 0 aromatic heterocycles. The van der Waals surface area contributed by atoms with Gasteiger partial charge >= 0.3 is 0 Å². The van der Waals surface area contributed by atoms with Gasteiger partial charge in [0.25, 0.3) is 0 Å². The maximum Gasteiger partial charge on any atom is 0.163 e. The Hall–Kier alpha value is -0.180. The summed E-state index contributed by atoms with van der Waals surface area (Å²) in [5, 5.41) is 0.912. The molecule has 1 nitrogen and oxygen atoms in total. The molecule has 1 aromatic rings. The third-order valence-corrected chi connectivity index (χ3v) is 3.13. The summed E-state index contributed by atoms with van der Waals surface area (Å²) in [5.74, 6) is 0.942. The summed E-state index contributed by atoms with van der Waals surface area (Å²) in [6.07, 6.45) is 2.52. The van der Waals surface area contributed by atoms with Crippen LogP contribution in [0.1, 0.15) is 16.8 Å². The molecule has 0 atom stereocenters. The van der Waals surface area contributed by atoms with Gasteiger partial charge in [-0.05, 0) is 24.5 Å². The van der Waals surface area contributed by atoms with Crippen LogP contribution < -0.4 is 0 Å². The molecule has 0 saturated heterocycles. The lowest BCUT2D eigenvalue weighted by Gasteiger charge is -2.01. The van der Waals surface area contributed by atoms with Crippen molar-refractivity contribution >= 4 is 40.7 Å². The predicted octanol–water partition coefficient (Wildman–Crippen LogP) is 3.93. The lowest BCUT2D eigenvalue weighted by Crippen LogP contribution is -2.00. The van der Waals surface area contributed by atoms with Crippen molar-refractivity contribution in [1.82, 2.24) is 0 Å². The standard InChI is InChI=1S/C10H10Cl2OS/c1-14-5-4-10(13)7-2-3-8(11)9(12)6-7/h2-3,6H,4-5H2,1H3. The average Bonchev–Trinajstić information content (AvgIpc) is 2.18. The summed E-state index contributed by atoms with van der Waals surface area (Å²) in [7, 11) is 0. The molecule has 0 amide bonds. The van der Waals surface area contributed by atoms with Crippen molar-refractivity contribution in [2.45, 2.75) is 6.42 Å². The number of Topliss-reactive ketones (excluding diaryl/α,β-unsaturated/α-hetero) is 1. The summed E-state index contributed by atoms with van der Waals surface area (Å²) in [6.45, 7) is 0. The van der Waals surface area contributed by atoms with Crippen molar-refractivity contribution in [3.05, 3.63) is 33.8 Å². The molecule has 0 saturated carbocycles. The van der Waals surface area contributed by atoms with E-state index in [4.69, 9.17) is 23.2 Å². The minimum absolute atomic E-state index is 0.109. The van der Waals surface area contributed by atoms with Gasteiger partial charge in [-0.2, -0.15) is 11.8 Å². The summed E-state index contributed by atoms with van der Waals surface area (Å²) < 4.78 is 0. The molecule has 1 aromatic carbocycles. The second-order valence-electron chi connectivity index (χ2n) is 2.79. The first-order valence-electron chi connectivity index (χ1n) is 4.12. The zero-order valence-electron chi connectivity index (χ0n) is 7.72. The van der Waals surface area contributed by atoms with Crippen molar-refractivity contribution in [3.63, 3.8) is 0 Å². The maximum atomic E-state index is 11.6. The summed E-state index contributed by atoms with van der Waals surface area (Å²) in [6, 6.07) is 4.97. The second kappa shape index (κ2) is 5.64. The van der Waals surface area contributed by atoms with E-state index in [1.54, 1.807) is 30.0 Å². The fourth-order valence-electron chi connectivity index (χ4n) is 1.01. The number of hydrogen-bond acceptors (Lipinski definition) is 2. The smallest absolute Gasteiger partial charge is 0.163 e. The van der Waals surface area contributed by atoms with Crippen molar-refractivity contribution < 1.29 is 4.79 Å². The molecular weight excluding hydrogens is 239 g/mol. The molecular formula is C10H10Cl2OS. The highest BCUT2D eigenvalue weighted by atomic mass is 35.5. The molecule has 76 valence electrons. The maximum absolute atomic E-state index is 11.6. The molecule has 0 heterocycles. The van der Waals surface area contributed by atoms with Crippen molar-refractivity contribution in [2.24, 2.45) is 0 Å². The highest BCUT2D eigenvalue weighted by Gasteiger charge is 2.07. The Morgan fingerprint density at radius 3 is 2.64 bits per heavy atom. The van der Waals surface area contributed by atoms with Crippen LogP contribution in [0.25, 0.3) is 0 Å². The van der Waals surface area contributed by atoms with Crippen LogP contribution in [0.3, 0.4) is 0 Å². The summed E-state index contributed by atoms with van der Waals surface area (Å²) in [4.78, 5) is 11.6. The molecule has 0 N–H and O–H groups in total. The zero-order chi connectivity index (χ0) is 10.6. The Morgan fingerprint density at radius 1 is 1.36 bits per heavy atom. The molecule has 14 heavy (non-hydrogen) atoms. The van der Waals surface area contributed by atoms with Crippen LogP contribution in [0, 0.1) is 0 Å². The van der Waals surface area contributed by atoms with E-state index in [0.29, 0.717) is 22.0 Å². The van der Waals surface area contributed by atoms with Crippen molar-refractivity contribution in [2.75, 3.05) is 12.0 Å². The molecule has 0 unspecified atom stereocenters. The van der Waals surface area contributed by atoms with Gasteiger partial charge in [0.05, 0.1) is 10.0 Å². The third kappa shape index (κ3) is 3.19. The van der Waals surface area contributed by atoms with E-state index in [1.165, 1.54) is 0 Å². The first kappa shape index (κ1) is 11.9. The average molecular weight is 249 g/mol. The van der Waals surface area contributed by atoms with E-state index in [1.807, 2.05) is 6.26 Å². The fourth-order valence-corrected chi connectivity index (χ4v) is 1.70.